The van der Waals surface area contributed by atoms with E-state index < -0.39 is 5.60 Å². The van der Waals surface area contributed by atoms with Gasteiger partial charge in [0.25, 0.3) is 0 Å². The highest BCUT2D eigenvalue weighted by atomic mass is 79.9. The van der Waals surface area contributed by atoms with Crippen molar-refractivity contribution in [3.8, 4) is 18.1 Å². The van der Waals surface area contributed by atoms with Crippen LogP contribution >= 0.6 is 15.9 Å². The van der Waals surface area contributed by atoms with E-state index in [9.17, 15) is 4.79 Å². The summed E-state index contributed by atoms with van der Waals surface area (Å²) in [6.45, 7) is 6.35. The van der Waals surface area contributed by atoms with Gasteiger partial charge in [0.05, 0.1) is 6.54 Å². The molecular formula is C16H20BrNO3. The van der Waals surface area contributed by atoms with E-state index in [1.165, 1.54) is 0 Å². The van der Waals surface area contributed by atoms with Crippen LogP contribution in [0.15, 0.2) is 22.7 Å². The number of halogens is 1. The van der Waals surface area contributed by atoms with Crippen LogP contribution in [0, 0.1) is 12.3 Å². The van der Waals surface area contributed by atoms with Crippen LogP contribution in [-0.4, -0.2) is 24.7 Å². The Kier molecular flexibility index (Phi) is 6.73. The number of nitrogens with one attached hydrogen (secondary N) is 1. The second kappa shape index (κ2) is 8.06. The number of hydrogen-bond donors (Lipinski definition) is 1. The van der Waals surface area contributed by atoms with Gasteiger partial charge < -0.3 is 14.8 Å². The fraction of sp³-hybridized carbons (Fsp3) is 0.438. The summed E-state index contributed by atoms with van der Waals surface area (Å²) in [4.78, 5) is 11.6. The largest absolute Gasteiger partial charge is 0.481 e. The van der Waals surface area contributed by atoms with Gasteiger partial charge >= 0.3 is 5.97 Å². The third-order valence-corrected chi connectivity index (χ3v) is 2.83. The zero-order chi connectivity index (χ0) is 15.9. The maximum atomic E-state index is 11.6. The summed E-state index contributed by atoms with van der Waals surface area (Å²) in [6, 6.07) is 5.64. The minimum Gasteiger partial charge on any atom is -0.481 e. The topological polar surface area (TPSA) is 47.6 Å². The lowest BCUT2D eigenvalue weighted by atomic mass is 10.2. The van der Waals surface area contributed by atoms with E-state index >= 15 is 0 Å². The first-order valence-corrected chi connectivity index (χ1v) is 7.38. The summed E-state index contributed by atoms with van der Waals surface area (Å²) in [5.74, 6) is 2.84. The molecule has 0 fully saturated rings. The third-order valence-electron chi connectivity index (χ3n) is 2.34. The maximum Gasteiger partial charge on any atom is 0.320 e. The Morgan fingerprint density at radius 2 is 2.14 bits per heavy atom. The molecule has 0 heterocycles. The molecule has 1 aromatic rings. The Balaban J connectivity index is 2.56. The van der Waals surface area contributed by atoms with E-state index in [1.54, 1.807) is 0 Å². The van der Waals surface area contributed by atoms with Gasteiger partial charge in [0.1, 0.15) is 18.0 Å². The van der Waals surface area contributed by atoms with Crippen LogP contribution in [0.3, 0.4) is 0 Å². The second-order valence-corrected chi connectivity index (χ2v) is 6.35. The van der Waals surface area contributed by atoms with Crippen molar-refractivity contribution >= 4 is 21.9 Å². The fourth-order valence-electron chi connectivity index (χ4n) is 1.62. The molecule has 0 radical (unpaired) electrons. The lowest BCUT2D eigenvalue weighted by Crippen LogP contribution is -2.31. The minimum atomic E-state index is -0.477. The summed E-state index contributed by atoms with van der Waals surface area (Å²) < 4.78 is 11.6. The predicted molar refractivity (Wildman–Crippen MR) is 86.0 cm³/mol. The number of esters is 1. The van der Waals surface area contributed by atoms with E-state index in [0.717, 1.165) is 10.0 Å². The van der Waals surface area contributed by atoms with Crippen molar-refractivity contribution in [2.24, 2.45) is 0 Å². The Bertz CT molecular complexity index is 529. The fourth-order valence-corrected chi connectivity index (χ4v) is 2.03. The van der Waals surface area contributed by atoms with Gasteiger partial charge in [-0.15, -0.1) is 6.42 Å². The van der Waals surface area contributed by atoms with Gasteiger partial charge in [0, 0.05) is 16.6 Å². The molecule has 0 amide bonds. The number of rotatable bonds is 6. The smallest absolute Gasteiger partial charge is 0.320 e. The molecule has 0 unspecified atom stereocenters. The zero-order valence-corrected chi connectivity index (χ0v) is 14.1. The summed E-state index contributed by atoms with van der Waals surface area (Å²) in [6.07, 6.45) is 5.19. The zero-order valence-electron chi connectivity index (χ0n) is 12.5. The van der Waals surface area contributed by atoms with E-state index in [2.05, 4.69) is 27.2 Å². The average molecular weight is 354 g/mol. The molecule has 4 nitrogen and oxygen atoms in total. The molecular weight excluding hydrogens is 334 g/mol. The molecule has 0 aliphatic rings. The van der Waals surface area contributed by atoms with Crippen molar-refractivity contribution in [3.63, 3.8) is 0 Å². The number of carbonyl (C=O) groups is 1. The predicted octanol–water partition coefficient (Wildman–Crippen LogP) is 2.89. The van der Waals surface area contributed by atoms with Crippen LogP contribution in [-0.2, 0) is 16.1 Å². The first kappa shape index (κ1) is 17.5. The van der Waals surface area contributed by atoms with Crippen molar-refractivity contribution in [1.29, 1.82) is 0 Å². The van der Waals surface area contributed by atoms with E-state index in [4.69, 9.17) is 15.9 Å². The molecule has 5 heteroatoms. The minimum absolute atomic E-state index is 0.137. The highest BCUT2D eigenvalue weighted by Crippen LogP contribution is 2.23. The van der Waals surface area contributed by atoms with E-state index in [0.29, 0.717) is 12.3 Å². The van der Waals surface area contributed by atoms with Gasteiger partial charge in [0.2, 0.25) is 0 Å². The van der Waals surface area contributed by atoms with Crippen molar-refractivity contribution in [2.75, 3.05) is 13.2 Å². The van der Waals surface area contributed by atoms with Crippen molar-refractivity contribution in [1.82, 2.24) is 5.32 Å². The molecule has 0 atom stereocenters. The van der Waals surface area contributed by atoms with Gasteiger partial charge in [-0.25, -0.2) is 0 Å². The average Bonchev–Trinajstić information content (AvgIpc) is 2.35. The molecule has 1 N–H and O–H groups in total. The first-order chi connectivity index (χ1) is 9.81. The summed E-state index contributed by atoms with van der Waals surface area (Å²) in [7, 11) is 0. The Labute approximate surface area is 134 Å². The van der Waals surface area contributed by atoms with Crippen LogP contribution in [0.2, 0.25) is 0 Å². The third kappa shape index (κ3) is 7.16. The quantitative estimate of drug-likeness (QED) is 0.630. The lowest BCUT2D eigenvalue weighted by molar-refractivity contribution is -0.153. The van der Waals surface area contributed by atoms with Crippen LogP contribution in [0.25, 0.3) is 0 Å². The SMILES string of the molecule is C#CCOc1ccc(Br)cc1CNCC(=O)OC(C)(C)C. The molecule has 1 aromatic carbocycles. The highest BCUT2D eigenvalue weighted by molar-refractivity contribution is 9.10. The van der Waals surface area contributed by atoms with Gasteiger partial charge in [-0.3, -0.25) is 4.79 Å². The summed E-state index contributed by atoms with van der Waals surface area (Å²) >= 11 is 3.41. The van der Waals surface area contributed by atoms with Gasteiger partial charge in [0.15, 0.2) is 0 Å². The van der Waals surface area contributed by atoms with Crippen LogP contribution < -0.4 is 10.1 Å². The molecule has 0 spiro atoms. The maximum absolute atomic E-state index is 11.6. The molecule has 0 aromatic heterocycles. The number of carbonyl (C=O) groups excluding carboxylic acids is 1. The lowest BCUT2D eigenvalue weighted by Gasteiger charge is -2.19. The van der Waals surface area contributed by atoms with Crippen LogP contribution in [0.5, 0.6) is 5.75 Å². The van der Waals surface area contributed by atoms with Crippen LogP contribution in [0.4, 0.5) is 0 Å². The molecule has 0 aliphatic heterocycles. The van der Waals surface area contributed by atoms with Crippen molar-refractivity contribution in [2.45, 2.75) is 32.9 Å². The molecule has 0 saturated heterocycles. The second-order valence-electron chi connectivity index (χ2n) is 5.43. The molecule has 0 saturated carbocycles. The van der Waals surface area contributed by atoms with Crippen molar-refractivity contribution < 1.29 is 14.3 Å². The Morgan fingerprint density at radius 3 is 2.76 bits per heavy atom. The Morgan fingerprint density at radius 1 is 1.43 bits per heavy atom. The number of hydrogen-bond acceptors (Lipinski definition) is 4. The number of ether oxygens (including phenoxy) is 2. The number of terminal acetylenes is 1. The molecule has 1 rings (SSSR count). The molecule has 114 valence electrons. The van der Waals surface area contributed by atoms with Gasteiger partial charge in [-0.05, 0) is 39.0 Å². The molecule has 21 heavy (non-hydrogen) atoms. The Hall–Kier alpha value is -1.51. The molecule has 0 aliphatic carbocycles. The van der Waals surface area contributed by atoms with Crippen molar-refractivity contribution in [3.05, 3.63) is 28.2 Å². The van der Waals surface area contributed by atoms with Gasteiger partial charge in [-0.2, -0.15) is 0 Å². The van der Waals surface area contributed by atoms with E-state index in [-0.39, 0.29) is 19.1 Å². The summed E-state index contributed by atoms with van der Waals surface area (Å²) in [5.41, 5.74) is 0.443. The monoisotopic (exact) mass is 353 g/mol. The first-order valence-electron chi connectivity index (χ1n) is 6.59. The standard InChI is InChI=1S/C16H20BrNO3/c1-5-8-20-14-7-6-13(17)9-12(14)10-18-11-15(19)21-16(2,3)4/h1,6-7,9,18H,8,10-11H2,2-4H3. The van der Waals surface area contributed by atoms with Gasteiger partial charge in [-0.1, -0.05) is 21.9 Å². The molecule has 0 bridgehead atoms. The highest BCUT2D eigenvalue weighted by Gasteiger charge is 2.15. The number of benzene rings is 1. The normalized spacial score (nSPS) is 10.8. The summed E-state index contributed by atoms with van der Waals surface area (Å²) in [5, 5.41) is 3.04. The van der Waals surface area contributed by atoms with Crippen LogP contribution in [0.1, 0.15) is 26.3 Å². The van der Waals surface area contributed by atoms with E-state index in [1.807, 2.05) is 39.0 Å².